The van der Waals surface area contributed by atoms with Gasteiger partial charge in [0.2, 0.25) is 5.91 Å². The average Bonchev–Trinajstić information content (AvgIpc) is 2.66. The predicted molar refractivity (Wildman–Crippen MR) is 59.3 cm³/mol. The summed E-state index contributed by atoms with van der Waals surface area (Å²) < 4.78 is 0. The van der Waals surface area contributed by atoms with E-state index in [1.165, 1.54) is 4.88 Å². The molecule has 0 spiro atoms. The highest BCUT2D eigenvalue weighted by Gasteiger charge is 2.08. The van der Waals surface area contributed by atoms with Crippen molar-refractivity contribution < 1.29 is 4.79 Å². The molecule has 0 bridgehead atoms. The first-order valence-corrected chi connectivity index (χ1v) is 5.59. The Labute approximate surface area is 88.7 Å². The number of amides is 1. The van der Waals surface area contributed by atoms with Crippen LogP contribution in [0.1, 0.15) is 11.8 Å². The Balaban J connectivity index is 2.34. The monoisotopic (exact) mass is 212 g/mol. The molecular formula is C10H16N2OS. The van der Waals surface area contributed by atoms with Crippen LogP contribution in [0.4, 0.5) is 0 Å². The topological polar surface area (TPSA) is 32.3 Å². The lowest BCUT2D eigenvalue weighted by atomic mass is 10.4. The van der Waals surface area contributed by atoms with E-state index < -0.39 is 0 Å². The van der Waals surface area contributed by atoms with Crippen LogP contribution < -0.4 is 5.32 Å². The van der Waals surface area contributed by atoms with Gasteiger partial charge in [0, 0.05) is 11.9 Å². The number of hydrogen-bond acceptors (Lipinski definition) is 3. The molecular weight excluding hydrogens is 196 g/mol. The van der Waals surface area contributed by atoms with Crippen molar-refractivity contribution in [3.05, 3.63) is 22.4 Å². The molecule has 0 unspecified atom stereocenters. The summed E-state index contributed by atoms with van der Waals surface area (Å²) in [7, 11) is 1.83. The van der Waals surface area contributed by atoms with E-state index >= 15 is 0 Å². The minimum absolute atomic E-state index is 0.139. The smallest absolute Gasteiger partial charge is 0.236 e. The van der Waals surface area contributed by atoms with E-state index in [1.54, 1.807) is 16.2 Å². The van der Waals surface area contributed by atoms with Crippen LogP contribution in [0.25, 0.3) is 0 Å². The molecule has 0 saturated heterocycles. The first kappa shape index (κ1) is 11.2. The van der Waals surface area contributed by atoms with Crippen LogP contribution in [0.15, 0.2) is 17.5 Å². The molecule has 1 rings (SSSR count). The second-order valence-corrected chi connectivity index (χ2v) is 4.14. The van der Waals surface area contributed by atoms with Crippen LogP contribution in [0.5, 0.6) is 0 Å². The SMILES string of the molecule is CCNCC(=O)N(C)Cc1cccs1. The maximum atomic E-state index is 11.5. The van der Waals surface area contributed by atoms with Gasteiger partial charge in [0.25, 0.3) is 0 Å². The molecule has 0 saturated carbocycles. The zero-order valence-corrected chi connectivity index (χ0v) is 9.43. The fourth-order valence-electron chi connectivity index (χ4n) is 1.09. The number of rotatable bonds is 5. The predicted octanol–water partition coefficient (Wildman–Crippen LogP) is 1.32. The minimum Gasteiger partial charge on any atom is -0.340 e. The molecule has 0 fully saturated rings. The summed E-state index contributed by atoms with van der Waals surface area (Å²) in [4.78, 5) is 14.5. The van der Waals surface area contributed by atoms with Crippen LogP contribution in [-0.4, -0.2) is 30.9 Å². The summed E-state index contributed by atoms with van der Waals surface area (Å²) in [6.45, 7) is 3.96. The van der Waals surface area contributed by atoms with Crippen molar-refractivity contribution >= 4 is 17.2 Å². The maximum Gasteiger partial charge on any atom is 0.236 e. The molecule has 0 atom stereocenters. The average molecular weight is 212 g/mol. The maximum absolute atomic E-state index is 11.5. The standard InChI is InChI=1S/C10H16N2OS/c1-3-11-7-10(13)12(2)8-9-5-4-6-14-9/h4-6,11H,3,7-8H2,1-2H3. The van der Waals surface area contributed by atoms with E-state index in [2.05, 4.69) is 5.32 Å². The zero-order valence-electron chi connectivity index (χ0n) is 8.62. The molecule has 1 aromatic heterocycles. The summed E-state index contributed by atoms with van der Waals surface area (Å²) in [5, 5.41) is 5.05. The van der Waals surface area contributed by atoms with Gasteiger partial charge in [-0.3, -0.25) is 4.79 Å². The van der Waals surface area contributed by atoms with Crippen LogP contribution in [0.3, 0.4) is 0 Å². The third kappa shape index (κ3) is 3.47. The van der Waals surface area contributed by atoms with Crippen molar-refractivity contribution in [1.82, 2.24) is 10.2 Å². The molecule has 1 aromatic rings. The Kier molecular flexibility index (Phi) is 4.62. The first-order chi connectivity index (χ1) is 6.74. The summed E-state index contributed by atoms with van der Waals surface area (Å²) in [6.07, 6.45) is 0. The highest BCUT2D eigenvalue weighted by molar-refractivity contribution is 7.09. The third-order valence-electron chi connectivity index (χ3n) is 1.93. The fraction of sp³-hybridized carbons (Fsp3) is 0.500. The van der Waals surface area contributed by atoms with Gasteiger partial charge < -0.3 is 10.2 Å². The Bertz CT molecular complexity index is 272. The van der Waals surface area contributed by atoms with E-state index in [1.807, 2.05) is 31.5 Å². The Morgan fingerprint density at radius 3 is 3.00 bits per heavy atom. The molecule has 4 heteroatoms. The number of hydrogen-bond donors (Lipinski definition) is 1. The van der Waals surface area contributed by atoms with Gasteiger partial charge in [-0.2, -0.15) is 0 Å². The van der Waals surface area contributed by atoms with Crippen molar-refractivity contribution in [2.75, 3.05) is 20.1 Å². The molecule has 0 aliphatic heterocycles. The summed E-state index contributed by atoms with van der Waals surface area (Å²) >= 11 is 1.68. The minimum atomic E-state index is 0.139. The van der Waals surface area contributed by atoms with Crippen molar-refractivity contribution in [2.45, 2.75) is 13.5 Å². The number of carbonyl (C=O) groups excluding carboxylic acids is 1. The van der Waals surface area contributed by atoms with E-state index in [0.29, 0.717) is 13.1 Å². The number of nitrogens with zero attached hydrogens (tertiary/aromatic N) is 1. The van der Waals surface area contributed by atoms with E-state index in [0.717, 1.165) is 6.54 Å². The first-order valence-electron chi connectivity index (χ1n) is 4.71. The van der Waals surface area contributed by atoms with Crippen LogP contribution in [0, 0.1) is 0 Å². The van der Waals surface area contributed by atoms with Gasteiger partial charge in [-0.1, -0.05) is 13.0 Å². The Hall–Kier alpha value is -0.870. The molecule has 0 aliphatic rings. The molecule has 14 heavy (non-hydrogen) atoms. The summed E-state index contributed by atoms with van der Waals surface area (Å²) in [6, 6.07) is 4.05. The third-order valence-corrected chi connectivity index (χ3v) is 2.79. The van der Waals surface area contributed by atoms with Crippen molar-refractivity contribution in [3.8, 4) is 0 Å². The Morgan fingerprint density at radius 1 is 1.64 bits per heavy atom. The van der Waals surface area contributed by atoms with Crippen molar-refractivity contribution in [2.24, 2.45) is 0 Å². The highest BCUT2D eigenvalue weighted by atomic mass is 32.1. The number of thiophene rings is 1. The van der Waals surface area contributed by atoms with Gasteiger partial charge in [-0.15, -0.1) is 11.3 Å². The summed E-state index contributed by atoms with van der Waals surface area (Å²) in [5.41, 5.74) is 0. The second-order valence-electron chi connectivity index (χ2n) is 3.11. The molecule has 0 aliphatic carbocycles. The second kappa shape index (κ2) is 5.78. The highest BCUT2D eigenvalue weighted by Crippen LogP contribution is 2.10. The molecule has 78 valence electrons. The molecule has 0 aromatic carbocycles. The zero-order chi connectivity index (χ0) is 10.4. The van der Waals surface area contributed by atoms with Gasteiger partial charge >= 0.3 is 0 Å². The Morgan fingerprint density at radius 2 is 2.43 bits per heavy atom. The summed E-state index contributed by atoms with van der Waals surface area (Å²) in [5.74, 6) is 0.139. The molecule has 1 amide bonds. The number of carbonyl (C=O) groups is 1. The van der Waals surface area contributed by atoms with Crippen LogP contribution in [-0.2, 0) is 11.3 Å². The lowest BCUT2D eigenvalue weighted by molar-refractivity contribution is -0.129. The fourth-order valence-corrected chi connectivity index (χ4v) is 1.85. The van der Waals surface area contributed by atoms with E-state index in [4.69, 9.17) is 0 Å². The van der Waals surface area contributed by atoms with Gasteiger partial charge in [0.05, 0.1) is 13.1 Å². The number of nitrogens with one attached hydrogen (secondary N) is 1. The van der Waals surface area contributed by atoms with Gasteiger partial charge in [0.15, 0.2) is 0 Å². The van der Waals surface area contributed by atoms with Crippen molar-refractivity contribution in [3.63, 3.8) is 0 Å². The van der Waals surface area contributed by atoms with Crippen LogP contribution in [0.2, 0.25) is 0 Å². The lowest BCUT2D eigenvalue weighted by Gasteiger charge is -2.16. The number of likely N-dealkylation sites (N-methyl/N-ethyl adjacent to an activating group) is 2. The van der Waals surface area contributed by atoms with Gasteiger partial charge in [0.1, 0.15) is 0 Å². The van der Waals surface area contributed by atoms with E-state index in [-0.39, 0.29) is 5.91 Å². The molecule has 1 heterocycles. The van der Waals surface area contributed by atoms with E-state index in [9.17, 15) is 4.79 Å². The largest absolute Gasteiger partial charge is 0.340 e. The molecule has 0 radical (unpaired) electrons. The normalized spacial score (nSPS) is 10.1. The van der Waals surface area contributed by atoms with Gasteiger partial charge in [-0.05, 0) is 18.0 Å². The molecule has 3 nitrogen and oxygen atoms in total. The quantitative estimate of drug-likeness (QED) is 0.798. The van der Waals surface area contributed by atoms with Crippen LogP contribution >= 0.6 is 11.3 Å². The van der Waals surface area contributed by atoms with Gasteiger partial charge in [-0.25, -0.2) is 0 Å². The lowest BCUT2D eigenvalue weighted by Crippen LogP contribution is -2.34. The van der Waals surface area contributed by atoms with Crippen molar-refractivity contribution in [1.29, 1.82) is 0 Å². The molecule has 1 N–H and O–H groups in total.